The van der Waals surface area contributed by atoms with Gasteiger partial charge >= 0.3 is 6.09 Å². The molecule has 0 radical (unpaired) electrons. The number of allylic oxidation sites excluding steroid dienone is 1. The number of carbonyl (C=O) groups is 3. The number of rotatable bonds is 10. The Morgan fingerprint density at radius 1 is 0.690 bits per heavy atom. The lowest BCUT2D eigenvalue weighted by Gasteiger charge is -2.35. The third-order valence-corrected chi connectivity index (χ3v) is 15.9. The van der Waals surface area contributed by atoms with E-state index in [-0.39, 0.29) is 34.7 Å². The van der Waals surface area contributed by atoms with E-state index in [1.165, 1.54) is 33.5 Å². The minimum Gasteiger partial charge on any atom is -0.444 e. The van der Waals surface area contributed by atoms with Gasteiger partial charge < -0.3 is 15.0 Å². The maximum atomic E-state index is 14.2. The Kier molecular flexibility index (Phi) is 14.2. The molecule has 6 atom stereocenters. The predicted molar refractivity (Wildman–Crippen MR) is 280 cm³/mol. The molecule has 2 aliphatic carbocycles. The minimum absolute atomic E-state index is 0.0348. The Balaban J connectivity index is 0.000000184. The largest absolute Gasteiger partial charge is 0.444 e. The van der Waals surface area contributed by atoms with Gasteiger partial charge in [-0.25, -0.2) is 4.79 Å². The van der Waals surface area contributed by atoms with Crippen LogP contribution in [0.15, 0.2) is 126 Å². The summed E-state index contributed by atoms with van der Waals surface area (Å²) < 4.78 is 7.86. The van der Waals surface area contributed by atoms with Gasteiger partial charge in [-0.3, -0.25) is 29.2 Å². The Morgan fingerprint density at radius 3 is 1.89 bits per heavy atom. The molecule has 6 heterocycles. The lowest BCUT2D eigenvalue weighted by molar-refractivity contribution is -0.130. The van der Waals surface area contributed by atoms with Crippen LogP contribution in [0.3, 0.4) is 0 Å². The first-order valence-electron chi connectivity index (χ1n) is 25.9. The number of likely N-dealkylation sites (tertiary alicyclic amines) is 1. The van der Waals surface area contributed by atoms with E-state index in [0.717, 1.165) is 74.3 Å². The molecule has 1 N–H and O–H groups in total. The zero-order valence-electron chi connectivity index (χ0n) is 43.2. The van der Waals surface area contributed by atoms with Gasteiger partial charge in [0.2, 0.25) is 0 Å². The van der Waals surface area contributed by atoms with Gasteiger partial charge in [0.1, 0.15) is 17.2 Å². The van der Waals surface area contributed by atoms with Gasteiger partial charge in [-0.05, 0) is 145 Å². The standard InChI is InChI=1S/C34H44N4O3.C26H29N3O/c1-32(2,3)38-28-13-16-34(7,20-26(28)30(36-38)24-14-17-35-18-15-24)29(39)19-25-21-37(31(40)41-33(4,5)6)22-27(25)23-11-9-8-10-12-23;1-26(24(30)13-21-15-28-17-23(21)18-5-3-2-4-6-18)10-7-20-16-29-25(22(20)14-26)19-8-11-27-12-9-19/h8-12,14-15,17-18,25,27H,13,16,19-22H2,1-7H3;2-6,8-9,11-12,21,23,28H,7,10,13-17H2,1H3. The number of fused-ring (bicyclic) bond motifs is 1. The van der Waals surface area contributed by atoms with Crippen LogP contribution in [-0.2, 0) is 32.7 Å². The van der Waals surface area contributed by atoms with Crippen LogP contribution in [0.25, 0.3) is 11.3 Å². The molecule has 3 aromatic heterocycles. The van der Waals surface area contributed by atoms with Gasteiger partial charge in [0.05, 0.1) is 23.5 Å². The molecule has 0 saturated carbocycles. The number of hydrogen-bond donors (Lipinski definition) is 1. The number of nitrogens with zero attached hydrogens (tertiary/aromatic N) is 6. The van der Waals surface area contributed by atoms with Crippen LogP contribution in [0.4, 0.5) is 4.79 Å². The van der Waals surface area contributed by atoms with Gasteiger partial charge in [-0.1, -0.05) is 74.5 Å². The molecule has 0 bridgehead atoms. The van der Waals surface area contributed by atoms with Crippen molar-refractivity contribution < 1.29 is 19.1 Å². The smallest absolute Gasteiger partial charge is 0.410 e. The van der Waals surface area contributed by atoms with Crippen LogP contribution >= 0.6 is 0 Å². The summed E-state index contributed by atoms with van der Waals surface area (Å²) in [6.45, 7) is 20.3. The predicted octanol–water partition coefficient (Wildman–Crippen LogP) is 11.1. The molecule has 6 unspecified atom stereocenters. The fourth-order valence-corrected chi connectivity index (χ4v) is 11.9. The highest BCUT2D eigenvalue weighted by atomic mass is 16.6. The third kappa shape index (κ3) is 10.9. The molecule has 372 valence electrons. The van der Waals surface area contributed by atoms with Crippen LogP contribution in [0.1, 0.15) is 134 Å². The first-order chi connectivity index (χ1) is 33.9. The number of carbonyl (C=O) groups excluding carboxylic acids is 3. The third-order valence-electron chi connectivity index (χ3n) is 15.9. The fourth-order valence-electron chi connectivity index (χ4n) is 11.9. The van der Waals surface area contributed by atoms with Crippen molar-refractivity contribution in [1.82, 2.24) is 30.0 Å². The van der Waals surface area contributed by atoms with Crippen molar-refractivity contribution in [2.75, 3.05) is 32.7 Å². The van der Waals surface area contributed by atoms with Gasteiger partial charge in [0.15, 0.2) is 0 Å². The van der Waals surface area contributed by atoms with Gasteiger partial charge in [0, 0.05) is 102 Å². The average Bonchev–Trinajstić information content (AvgIpc) is 4.18. The number of ether oxygens (including phenoxy) is 1. The Morgan fingerprint density at radius 2 is 1.27 bits per heavy atom. The van der Waals surface area contributed by atoms with Gasteiger partial charge in [-0.2, -0.15) is 5.10 Å². The highest BCUT2D eigenvalue weighted by Gasteiger charge is 2.46. The normalized spacial score (nSPS) is 25.2. The van der Waals surface area contributed by atoms with Crippen molar-refractivity contribution in [3.63, 3.8) is 0 Å². The van der Waals surface area contributed by atoms with Crippen LogP contribution in [0, 0.1) is 22.7 Å². The summed E-state index contributed by atoms with van der Waals surface area (Å²) in [6.07, 6.45) is 13.0. The minimum atomic E-state index is -0.565. The number of Topliss-reactive ketones (excluding diaryl/α,β-unsaturated/α-hetero) is 2. The molecular weight excluding hydrogens is 883 g/mol. The van der Waals surface area contributed by atoms with E-state index < -0.39 is 11.0 Å². The maximum Gasteiger partial charge on any atom is 0.410 e. The summed E-state index contributed by atoms with van der Waals surface area (Å²) in [5, 5.41) is 8.61. The number of hydrogen-bond acceptors (Lipinski definition) is 9. The van der Waals surface area contributed by atoms with Gasteiger partial charge in [-0.15, -0.1) is 0 Å². The van der Waals surface area contributed by atoms with Crippen molar-refractivity contribution >= 4 is 23.4 Å². The van der Waals surface area contributed by atoms with E-state index in [9.17, 15) is 14.4 Å². The number of ketones is 2. The molecule has 2 saturated heterocycles. The number of pyridine rings is 2. The number of benzene rings is 2. The quantitative estimate of drug-likeness (QED) is 0.146. The lowest BCUT2D eigenvalue weighted by Crippen LogP contribution is -2.38. The molecule has 5 aromatic rings. The van der Waals surface area contributed by atoms with Crippen LogP contribution < -0.4 is 5.32 Å². The van der Waals surface area contributed by atoms with Crippen molar-refractivity contribution in [3.05, 3.63) is 149 Å². The molecule has 11 nitrogen and oxygen atoms in total. The van der Waals surface area contributed by atoms with E-state index in [0.29, 0.717) is 50.0 Å². The molecular formula is C60H73N7O4. The highest BCUT2D eigenvalue weighted by molar-refractivity contribution is 6.15. The van der Waals surface area contributed by atoms with Crippen molar-refractivity contribution in [1.29, 1.82) is 0 Å². The monoisotopic (exact) mass is 956 g/mol. The summed E-state index contributed by atoms with van der Waals surface area (Å²) in [5.41, 5.74) is 10.3. The molecule has 1 amide bonds. The second-order valence-corrected chi connectivity index (χ2v) is 23.4. The summed E-state index contributed by atoms with van der Waals surface area (Å²) in [5.74, 6) is 1.62. The topological polar surface area (TPSA) is 132 Å². The van der Waals surface area contributed by atoms with Crippen LogP contribution in [0.2, 0.25) is 0 Å². The molecule has 0 spiro atoms. The Labute approximate surface area is 421 Å². The molecule has 2 fully saturated rings. The summed E-state index contributed by atoms with van der Waals surface area (Å²) in [7, 11) is 0. The second-order valence-electron chi connectivity index (χ2n) is 23.4. The number of amides is 1. The number of aromatic nitrogens is 4. The molecule has 11 heteroatoms. The zero-order chi connectivity index (χ0) is 50.1. The van der Waals surface area contributed by atoms with Crippen LogP contribution in [-0.4, -0.2) is 86.3 Å². The van der Waals surface area contributed by atoms with E-state index in [4.69, 9.17) is 14.8 Å². The molecule has 5 aliphatic rings. The Hall–Kier alpha value is -6.07. The average molecular weight is 956 g/mol. The summed E-state index contributed by atoms with van der Waals surface area (Å²) in [6, 6.07) is 29.0. The van der Waals surface area contributed by atoms with E-state index in [1.54, 1.807) is 17.3 Å². The summed E-state index contributed by atoms with van der Waals surface area (Å²) >= 11 is 0. The number of nitrogens with one attached hydrogen (secondary N) is 1. The molecule has 71 heavy (non-hydrogen) atoms. The Bertz CT molecular complexity index is 2770. The van der Waals surface area contributed by atoms with Crippen molar-refractivity contribution in [2.24, 2.45) is 27.7 Å². The first-order valence-corrected chi connectivity index (χ1v) is 25.9. The first kappa shape index (κ1) is 49.9. The van der Waals surface area contributed by atoms with Crippen molar-refractivity contribution in [3.8, 4) is 11.3 Å². The van der Waals surface area contributed by atoms with E-state index in [1.807, 2.05) is 75.6 Å². The fraction of sp³-hybridized carbons (Fsp3) is 0.483. The van der Waals surface area contributed by atoms with E-state index >= 15 is 0 Å². The SMILES string of the molecule is CC(C)(C)OC(=O)N1CC(CC(=O)C2(C)CCc3c(c(-c4ccncc4)nn3C(C)(C)C)C2)C(c2ccccc2)C1.CC1(C(=O)CC2CNCC2c2ccccc2)CCC2=C(C1)C(c1ccncc1)=NC2. The lowest BCUT2D eigenvalue weighted by atomic mass is 9.67. The maximum absolute atomic E-state index is 14.2. The van der Waals surface area contributed by atoms with Crippen molar-refractivity contribution in [2.45, 2.75) is 130 Å². The zero-order valence-corrected chi connectivity index (χ0v) is 43.2. The highest BCUT2D eigenvalue weighted by Crippen LogP contribution is 2.47. The van der Waals surface area contributed by atoms with E-state index in [2.05, 4.69) is 97.0 Å². The number of aliphatic imine (C=N–C) groups is 1. The summed E-state index contributed by atoms with van der Waals surface area (Å²) in [4.78, 5) is 55.8. The molecule has 3 aliphatic heterocycles. The van der Waals surface area contributed by atoms with Crippen LogP contribution in [0.5, 0.6) is 0 Å². The second kappa shape index (κ2) is 20.2. The molecule has 2 aromatic carbocycles. The van der Waals surface area contributed by atoms with Gasteiger partial charge in [0.25, 0.3) is 0 Å². The molecule has 10 rings (SSSR count).